The molecule has 0 spiro atoms. The predicted octanol–water partition coefficient (Wildman–Crippen LogP) is 2.72. The summed E-state index contributed by atoms with van der Waals surface area (Å²) in [6, 6.07) is 0. The summed E-state index contributed by atoms with van der Waals surface area (Å²) in [4.78, 5) is 14.1. The zero-order valence-electron chi connectivity index (χ0n) is 12.9. The maximum atomic E-state index is 12.0. The Morgan fingerprint density at radius 3 is 2.17 bits per heavy atom. The van der Waals surface area contributed by atoms with Crippen molar-refractivity contribution in [1.82, 2.24) is 10.2 Å². The minimum Gasteiger partial charge on any atom is -0.326 e. The van der Waals surface area contributed by atoms with E-state index in [1.807, 2.05) is 0 Å². The topological polar surface area (TPSA) is 32.3 Å². The number of carbonyl (C=O) groups excluding carboxylic acids is 1. The zero-order valence-corrected chi connectivity index (χ0v) is 12.9. The molecule has 0 aromatic heterocycles. The average Bonchev–Trinajstić information content (AvgIpc) is 2.54. The van der Waals surface area contributed by atoms with Crippen molar-refractivity contribution >= 4 is 5.91 Å². The second-order valence-corrected chi connectivity index (χ2v) is 6.72. The number of carbonyl (C=O) groups is 1. The van der Waals surface area contributed by atoms with E-state index in [0.29, 0.717) is 30.2 Å². The van der Waals surface area contributed by atoms with Crippen LogP contribution >= 0.6 is 0 Å². The van der Waals surface area contributed by atoms with E-state index in [0.717, 1.165) is 13.0 Å². The van der Waals surface area contributed by atoms with Gasteiger partial charge in [0, 0.05) is 6.54 Å². The summed E-state index contributed by atoms with van der Waals surface area (Å²) in [6.45, 7) is 14.9. The molecule has 1 atom stereocenters. The fraction of sp³-hybridized carbons (Fsp3) is 0.933. The summed E-state index contributed by atoms with van der Waals surface area (Å²) in [6.07, 6.45) is 1.30. The van der Waals surface area contributed by atoms with Crippen molar-refractivity contribution in [1.29, 1.82) is 0 Å². The Bertz CT molecular complexity index is 266. The van der Waals surface area contributed by atoms with Crippen molar-refractivity contribution in [3.8, 4) is 0 Å². The second kappa shape index (κ2) is 6.55. The minimum absolute atomic E-state index is 0.248. The van der Waals surface area contributed by atoms with Crippen LogP contribution in [-0.4, -0.2) is 30.1 Å². The van der Waals surface area contributed by atoms with Crippen LogP contribution in [0.3, 0.4) is 0 Å². The van der Waals surface area contributed by atoms with Gasteiger partial charge in [0.2, 0.25) is 5.91 Å². The first-order valence-electron chi connectivity index (χ1n) is 7.35. The van der Waals surface area contributed by atoms with E-state index < -0.39 is 0 Å². The van der Waals surface area contributed by atoms with Crippen LogP contribution in [0.5, 0.6) is 0 Å². The third-order valence-corrected chi connectivity index (χ3v) is 4.00. The van der Waals surface area contributed by atoms with Crippen LogP contribution in [-0.2, 0) is 4.79 Å². The second-order valence-electron chi connectivity index (χ2n) is 6.72. The first kappa shape index (κ1) is 15.5. The first-order chi connectivity index (χ1) is 8.32. The van der Waals surface area contributed by atoms with Gasteiger partial charge in [-0.1, -0.05) is 41.5 Å². The van der Waals surface area contributed by atoms with Crippen LogP contribution in [0.4, 0.5) is 0 Å². The highest BCUT2D eigenvalue weighted by atomic mass is 16.2. The standard InChI is InChI=1S/C15H30N2O/c1-10(2)7-14-16-8-15(18)17(14)9-13(11(3)4)12(5)6/h10-14,16H,7-9H2,1-6H3. The molecule has 1 unspecified atom stereocenters. The van der Waals surface area contributed by atoms with Crippen LogP contribution in [0.25, 0.3) is 0 Å². The average molecular weight is 254 g/mol. The molecule has 1 rings (SSSR count). The molecule has 1 heterocycles. The molecule has 1 aliphatic rings. The minimum atomic E-state index is 0.248. The van der Waals surface area contributed by atoms with Gasteiger partial charge < -0.3 is 4.90 Å². The lowest BCUT2D eigenvalue weighted by Gasteiger charge is -2.33. The van der Waals surface area contributed by atoms with Gasteiger partial charge in [0.15, 0.2) is 0 Å². The van der Waals surface area contributed by atoms with Gasteiger partial charge in [-0.3, -0.25) is 10.1 Å². The van der Waals surface area contributed by atoms with Crippen molar-refractivity contribution in [2.45, 2.75) is 54.1 Å². The molecular weight excluding hydrogens is 224 g/mol. The summed E-state index contributed by atoms with van der Waals surface area (Å²) in [5.74, 6) is 2.72. The Morgan fingerprint density at radius 1 is 1.17 bits per heavy atom. The first-order valence-corrected chi connectivity index (χ1v) is 7.35. The van der Waals surface area contributed by atoms with Crippen molar-refractivity contribution in [3.63, 3.8) is 0 Å². The summed E-state index contributed by atoms with van der Waals surface area (Å²) < 4.78 is 0. The zero-order chi connectivity index (χ0) is 13.9. The van der Waals surface area contributed by atoms with Crippen LogP contribution in [0.1, 0.15) is 48.0 Å². The Hall–Kier alpha value is -0.570. The Morgan fingerprint density at radius 2 is 1.72 bits per heavy atom. The number of rotatable bonds is 6. The Balaban J connectivity index is 2.68. The van der Waals surface area contributed by atoms with Crippen molar-refractivity contribution < 1.29 is 4.79 Å². The van der Waals surface area contributed by atoms with Crippen LogP contribution in [0, 0.1) is 23.7 Å². The fourth-order valence-corrected chi connectivity index (χ4v) is 2.90. The monoisotopic (exact) mass is 254 g/mol. The van der Waals surface area contributed by atoms with Gasteiger partial charge in [-0.05, 0) is 30.1 Å². The van der Waals surface area contributed by atoms with E-state index in [2.05, 4.69) is 51.8 Å². The maximum absolute atomic E-state index is 12.0. The molecule has 0 radical (unpaired) electrons. The molecule has 3 nitrogen and oxygen atoms in total. The molecule has 1 N–H and O–H groups in total. The van der Waals surface area contributed by atoms with Gasteiger partial charge in [0.05, 0.1) is 12.7 Å². The Kier molecular flexibility index (Phi) is 5.64. The van der Waals surface area contributed by atoms with E-state index >= 15 is 0 Å². The van der Waals surface area contributed by atoms with Crippen LogP contribution < -0.4 is 5.32 Å². The highest BCUT2D eigenvalue weighted by Crippen LogP contribution is 2.24. The summed E-state index contributed by atoms with van der Waals surface area (Å²) in [5, 5.41) is 3.35. The van der Waals surface area contributed by atoms with Gasteiger partial charge >= 0.3 is 0 Å². The molecule has 0 bridgehead atoms. The lowest BCUT2D eigenvalue weighted by Crippen LogP contribution is -2.43. The van der Waals surface area contributed by atoms with Crippen LogP contribution in [0.2, 0.25) is 0 Å². The predicted molar refractivity (Wildman–Crippen MR) is 76.1 cm³/mol. The van der Waals surface area contributed by atoms with Crippen LogP contribution in [0.15, 0.2) is 0 Å². The Labute approximate surface area is 112 Å². The normalized spacial score (nSPS) is 21.1. The van der Waals surface area contributed by atoms with Crippen molar-refractivity contribution in [2.24, 2.45) is 23.7 Å². The van der Waals surface area contributed by atoms with Gasteiger partial charge in [0.25, 0.3) is 0 Å². The molecule has 3 heteroatoms. The van der Waals surface area contributed by atoms with E-state index in [1.165, 1.54) is 0 Å². The molecular formula is C15H30N2O. The van der Waals surface area contributed by atoms with E-state index in [1.54, 1.807) is 0 Å². The van der Waals surface area contributed by atoms with Gasteiger partial charge in [-0.25, -0.2) is 0 Å². The number of hydrogen-bond acceptors (Lipinski definition) is 2. The highest BCUT2D eigenvalue weighted by molar-refractivity contribution is 5.80. The summed E-state index contributed by atoms with van der Waals surface area (Å²) in [5.41, 5.74) is 0. The lowest BCUT2D eigenvalue weighted by atomic mass is 9.85. The molecule has 0 aromatic carbocycles. The van der Waals surface area contributed by atoms with Crippen molar-refractivity contribution in [3.05, 3.63) is 0 Å². The third-order valence-electron chi connectivity index (χ3n) is 4.00. The largest absolute Gasteiger partial charge is 0.326 e. The SMILES string of the molecule is CC(C)CC1NCC(=O)N1CC(C(C)C)C(C)C. The van der Waals surface area contributed by atoms with Gasteiger partial charge in [0.1, 0.15) is 0 Å². The van der Waals surface area contributed by atoms with E-state index in [4.69, 9.17) is 0 Å². The molecule has 1 aliphatic heterocycles. The van der Waals surface area contributed by atoms with E-state index in [9.17, 15) is 4.79 Å². The number of nitrogens with one attached hydrogen (secondary N) is 1. The molecule has 1 amide bonds. The molecule has 0 aliphatic carbocycles. The number of amides is 1. The highest BCUT2D eigenvalue weighted by Gasteiger charge is 2.33. The quantitative estimate of drug-likeness (QED) is 0.790. The summed E-state index contributed by atoms with van der Waals surface area (Å²) >= 11 is 0. The fourth-order valence-electron chi connectivity index (χ4n) is 2.90. The number of nitrogens with zero attached hydrogens (tertiary/aromatic N) is 1. The number of hydrogen-bond donors (Lipinski definition) is 1. The van der Waals surface area contributed by atoms with E-state index in [-0.39, 0.29) is 12.1 Å². The lowest BCUT2D eigenvalue weighted by molar-refractivity contribution is -0.129. The molecule has 106 valence electrons. The summed E-state index contributed by atoms with van der Waals surface area (Å²) in [7, 11) is 0. The molecule has 1 saturated heterocycles. The van der Waals surface area contributed by atoms with Gasteiger partial charge in [-0.2, -0.15) is 0 Å². The molecule has 1 fully saturated rings. The smallest absolute Gasteiger partial charge is 0.237 e. The van der Waals surface area contributed by atoms with Gasteiger partial charge in [-0.15, -0.1) is 0 Å². The molecule has 0 saturated carbocycles. The third kappa shape index (κ3) is 3.98. The molecule has 18 heavy (non-hydrogen) atoms. The molecule has 0 aromatic rings. The van der Waals surface area contributed by atoms with Crippen molar-refractivity contribution in [2.75, 3.05) is 13.1 Å². The maximum Gasteiger partial charge on any atom is 0.237 e.